The molecule has 0 aliphatic carbocycles. The second-order valence-electron chi connectivity index (χ2n) is 20.0. The summed E-state index contributed by atoms with van der Waals surface area (Å²) in [6, 6.07) is 107. The highest BCUT2D eigenvalue weighted by molar-refractivity contribution is 7.77. The highest BCUT2D eigenvalue weighted by Crippen LogP contribution is 2.73. The molecule has 80 heavy (non-hydrogen) atoms. The van der Waals surface area contributed by atoms with Crippen molar-refractivity contribution in [1.82, 2.24) is 0 Å². The van der Waals surface area contributed by atoms with Gasteiger partial charge in [0.1, 0.15) is 0 Å². The number of anilines is 8. The van der Waals surface area contributed by atoms with Crippen molar-refractivity contribution in [3.8, 4) is 55.6 Å². The monoisotopic (exact) mass is 1070 g/mol. The lowest BCUT2D eigenvalue weighted by molar-refractivity contribution is 0.581. The molecule has 0 radical (unpaired) electrons. The quantitative estimate of drug-likeness (QED) is 0.120. The van der Waals surface area contributed by atoms with Gasteiger partial charge in [-0.2, -0.15) is 0 Å². The van der Waals surface area contributed by atoms with Gasteiger partial charge in [-0.05, 0) is 141 Å². The number of para-hydroxylation sites is 4. The smallest absolute Gasteiger partial charge is 0.270 e. The lowest BCUT2D eigenvalue weighted by Crippen LogP contribution is -2.30. The Morgan fingerprint density at radius 3 is 0.613 bits per heavy atom. The van der Waals surface area contributed by atoms with Crippen LogP contribution in [0.25, 0.3) is 55.6 Å². The van der Waals surface area contributed by atoms with E-state index < -0.39 is 14.9 Å². The summed E-state index contributed by atoms with van der Waals surface area (Å²) >= 11 is 0. The Labute approximate surface area is 467 Å². The molecule has 14 rings (SSSR count). The predicted octanol–water partition coefficient (Wildman–Crippen LogP) is 19.6. The molecule has 12 aromatic rings. The van der Waals surface area contributed by atoms with Crippen molar-refractivity contribution < 1.29 is 9.13 Å². The third-order valence-corrected chi connectivity index (χ3v) is 21.4. The van der Waals surface area contributed by atoms with Gasteiger partial charge in [0.05, 0.1) is 33.4 Å². The molecular weight excluding hydrogens is 1010 g/mol. The van der Waals surface area contributed by atoms with Crippen molar-refractivity contribution >= 4 is 71.0 Å². The molecule has 382 valence electrons. The molecule has 0 bridgehead atoms. The number of fused-ring (bicyclic) bond motifs is 2. The third kappa shape index (κ3) is 8.19. The molecule has 2 aliphatic heterocycles. The SMILES string of the molecule is O=P1(c2ccccc2-c2ccccc2P2(=O)N(c3ccc(-c4ccccc4)cc3)c3ccccc3N2c2ccc(-c3ccccc3)cc2)N(c2ccc(-c3ccccc3)cc2)c2ccccc2N1c1ccc(-c2ccccc2)cc1. The van der Waals surface area contributed by atoms with E-state index in [1.54, 1.807) is 0 Å². The van der Waals surface area contributed by atoms with Gasteiger partial charge in [0.15, 0.2) is 0 Å². The largest absolute Gasteiger partial charge is 0.302 e. The zero-order valence-corrected chi connectivity index (χ0v) is 45.3. The molecule has 0 fully saturated rings. The Kier molecular flexibility index (Phi) is 12.3. The lowest BCUT2D eigenvalue weighted by atomic mass is 10.1. The van der Waals surface area contributed by atoms with Crippen LogP contribution in [0.4, 0.5) is 45.5 Å². The van der Waals surface area contributed by atoms with E-state index in [0.29, 0.717) is 21.7 Å². The molecular formula is C72H52N4O2P2. The van der Waals surface area contributed by atoms with Crippen molar-refractivity contribution in [2.75, 3.05) is 18.7 Å². The zero-order valence-electron chi connectivity index (χ0n) is 43.5. The molecule has 0 amide bonds. The first kappa shape index (κ1) is 48.7. The van der Waals surface area contributed by atoms with Gasteiger partial charge in [-0.15, -0.1) is 0 Å². The molecule has 6 nitrogen and oxygen atoms in total. The first-order valence-electron chi connectivity index (χ1n) is 26.9. The fraction of sp³-hybridized carbons (Fsp3) is 0. The Bertz CT molecular complexity index is 3790. The minimum atomic E-state index is -4.04. The first-order valence-corrected chi connectivity index (χ1v) is 30.1. The van der Waals surface area contributed by atoms with Crippen LogP contribution in [0.3, 0.4) is 0 Å². The molecule has 0 saturated carbocycles. The second kappa shape index (κ2) is 20.3. The lowest BCUT2D eigenvalue weighted by Gasteiger charge is -2.36. The highest BCUT2D eigenvalue weighted by atomic mass is 31.2. The van der Waals surface area contributed by atoms with Gasteiger partial charge in [0, 0.05) is 22.7 Å². The summed E-state index contributed by atoms with van der Waals surface area (Å²) in [6.45, 7) is 0. The van der Waals surface area contributed by atoms with E-state index >= 15 is 9.13 Å². The summed E-state index contributed by atoms with van der Waals surface area (Å²) in [5.41, 5.74) is 16.4. The Balaban J connectivity index is 0.985. The number of rotatable bonds is 11. The maximum atomic E-state index is 18.0. The van der Waals surface area contributed by atoms with Crippen LogP contribution in [0.5, 0.6) is 0 Å². The number of nitrogens with zero attached hydrogens (tertiary/aromatic N) is 4. The first-order chi connectivity index (χ1) is 39.5. The van der Waals surface area contributed by atoms with Gasteiger partial charge < -0.3 is 0 Å². The minimum absolute atomic E-state index is 0.601. The van der Waals surface area contributed by atoms with Crippen LogP contribution in [-0.4, -0.2) is 0 Å². The zero-order chi connectivity index (χ0) is 53.6. The van der Waals surface area contributed by atoms with Crippen molar-refractivity contribution in [3.05, 3.63) is 315 Å². The summed E-state index contributed by atoms with van der Waals surface area (Å²) in [4.78, 5) is 0. The topological polar surface area (TPSA) is 47.1 Å². The number of benzene rings is 12. The minimum Gasteiger partial charge on any atom is -0.270 e. The van der Waals surface area contributed by atoms with Crippen molar-refractivity contribution in [3.63, 3.8) is 0 Å². The normalized spacial score (nSPS) is 13.9. The van der Waals surface area contributed by atoms with E-state index in [4.69, 9.17) is 0 Å². The van der Waals surface area contributed by atoms with E-state index in [-0.39, 0.29) is 0 Å². The van der Waals surface area contributed by atoms with Crippen molar-refractivity contribution in [1.29, 1.82) is 0 Å². The standard InChI is InChI=1S/C72H52N4O2P2/c77-79(73(61-45-37-57(38-46-61)53-21-5-1-6-22-53)67-31-15-16-32-68(67)74(79)62-47-39-58(40-48-62)54-23-7-2-8-24-54)71-35-19-13-29-65(71)66-30-14-20-36-72(66)80(78)75(63-49-41-59(42-50-63)55-25-9-3-10-26-55)69-33-17-18-34-70(69)76(80)64-51-43-60(44-52-64)56-27-11-4-12-28-56/h1-52H. The van der Waals surface area contributed by atoms with Gasteiger partial charge in [-0.1, -0.05) is 231 Å². The van der Waals surface area contributed by atoms with E-state index in [0.717, 1.165) is 90.0 Å². The molecule has 0 unspecified atom stereocenters. The third-order valence-electron chi connectivity index (χ3n) is 15.4. The molecule has 8 heteroatoms. The number of hydrogen-bond donors (Lipinski definition) is 0. The highest BCUT2D eigenvalue weighted by Gasteiger charge is 2.53. The summed E-state index contributed by atoms with van der Waals surface area (Å²) in [7, 11) is -8.09. The van der Waals surface area contributed by atoms with Gasteiger partial charge in [0.2, 0.25) is 0 Å². The molecule has 0 aromatic heterocycles. The number of hydrogen-bond acceptors (Lipinski definition) is 2. The summed E-state index contributed by atoms with van der Waals surface area (Å²) in [6.07, 6.45) is 0. The van der Waals surface area contributed by atoms with Crippen LogP contribution in [-0.2, 0) is 9.13 Å². The maximum Gasteiger partial charge on any atom is 0.302 e. The fourth-order valence-electron chi connectivity index (χ4n) is 11.6. The van der Waals surface area contributed by atoms with Gasteiger partial charge in [-0.25, -0.2) is 0 Å². The maximum absolute atomic E-state index is 18.0. The van der Waals surface area contributed by atoms with Crippen LogP contribution < -0.4 is 29.3 Å². The second-order valence-corrected chi connectivity index (χ2v) is 24.7. The van der Waals surface area contributed by atoms with E-state index in [2.05, 4.69) is 201 Å². The van der Waals surface area contributed by atoms with Crippen LogP contribution in [0.1, 0.15) is 0 Å². The molecule has 0 spiro atoms. The fourth-order valence-corrected chi connectivity index (χ4v) is 18.1. The molecule has 0 saturated heterocycles. The summed E-state index contributed by atoms with van der Waals surface area (Å²) < 4.78 is 44.1. The Hall–Kier alpha value is -9.70. The van der Waals surface area contributed by atoms with Crippen LogP contribution in [0, 0.1) is 0 Å². The van der Waals surface area contributed by atoms with E-state index in [9.17, 15) is 0 Å². The van der Waals surface area contributed by atoms with Crippen LogP contribution >= 0.6 is 14.9 Å². The molecule has 0 atom stereocenters. The summed E-state index contributed by atoms with van der Waals surface area (Å²) in [5, 5.41) is 1.20. The Morgan fingerprint density at radius 1 is 0.188 bits per heavy atom. The van der Waals surface area contributed by atoms with E-state index in [1.165, 1.54) is 0 Å². The van der Waals surface area contributed by atoms with Crippen LogP contribution in [0.2, 0.25) is 0 Å². The predicted molar refractivity (Wildman–Crippen MR) is 335 cm³/mol. The van der Waals surface area contributed by atoms with Gasteiger partial charge in [0.25, 0.3) is 0 Å². The van der Waals surface area contributed by atoms with Crippen molar-refractivity contribution in [2.24, 2.45) is 0 Å². The molecule has 2 heterocycles. The summed E-state index contributed by atoms with van der Waals surface area (Å²) in [5.74, 6) is 0. The Morgan fingerprint density at radius 2 is 0.375 bits per heavy atom. The average Bonchev–Trinajstić information content (AvgIpc) is 4.17. The molecule has 2 aliphatic rings. The van der Waals surface area contributed by atoms with Crippen LogP contribution in [0.15, 0.2) is 315 Å². The van der Waals surface area contributed by atoms with E-state index in [1.807, 2.05) is 133 Å². The average molecular weight is 1070 g/mol. The molecule has 12 aromatic carbocycles. The van der Waals surface area contributed by atoms with Gasteiger partial charge in [-0.3, -0.25) is 27.8 Å². The van der Waals surface area contributed by atoms with Gasteiger partial charge >= 0.3 is 14.9 Å². The molecule has 0 N–H and O–H groups in total. The van der Waals surface area contributed by atoms with Crippen molar-refractivity contribution in [2.45, 2.75) is 0 Å².